The normalized spacial score (nSPS) is 13.1. The Morgan fingerprint density at radius 1 is 1.07 bits per heavy atom. The molecule has 30 heavy (non-hydrogen) atoms. The number of rotatable bonds is 3. The molecule has 2 heterocycles. The van der Waals surface area contributed by atoms with Gasteiger partial charge in [0.1, 0.15) is 23.1 Å². The number of aromatic nitrogens is 2. The van der Waals surface area contributed by atoms with Gasteiger partial charge in [-0.3, -0.25) is 0 Å². The number of amides is 2. The van der Waals surface area contributed by atoms with E-state index in [4.69, 9.17) is 0 Å². The molecule has 0 atom stereocenters. The van der Waals surface area contributed by atoms with Crippen LogP contribution in [0, 0.1) is 24.4 Å². The minimum Gasteiger partial charge on any atom is -0.347 e. The Morgan fingerprint density at radius 3 is 2.40 bits per heavy atom. The predicted molar refractivity (Wildman–Crippen MR) is 107 cm³/mol. The summed E-state index contributed by atoms with van der Waals surface area (Å²) in [5.74, 6) is -1.88. The number of aryl methyl sites for hydroxylation is 1. The van der Waals surface area contributed by atoms with Crippen molar-refractivity contribution < 1.29 is 18.0 Å². The number of para-hydroxylation sites is 1. The van der Waals surface area contributed by atoms with E-state index in [2.05, 4.69) is 15.3 Å². The third kappa shape index (κ3) is 3.22. The van der Waals surface area contributed by atoms with Crippen LogP contribution in [0.5, 0.6) is 0 Å². The van der Waals surface area contributed by atoms with E-state index in [0.29, 0.717) is 22.4 Å². The monoisotopic (exact) mass is 413 g/mol. The fourth-order valence-electron chi connectivity index (χ4n) is 3.37. The molecular formula is C21H18F3N5O. The first-order valence-electron chi connectivity index (χ1n) is 9.14. The van der Waals surface area contributed by atoms with Gasteiger partial charge in [-0.1, -0.05) is 6.07 Å². The topological polar surface area (TPSA) is 61.4 Å². The van der Waals surface area contributed by atoms with Gasteiger partial charge in [-0.2, -0.15) is 4.98 Å². The zero-order chi connectivity index (χ0) is 21.6. The zero-order valence-corrected chi connectivity index (χ0v) is 16.5. The largest absolute Gasteiger partial charge is 0.347 e. The van der Waals surface area contributed by atoms with Crippen LogP contribution in [0.2, 0.25) is 0 Å². The minimum absolute atomic E-state index is 0.0561. The van der Waals surface area contributed by atoms with E-state index in [1.165, 1.54) is 18.2 Å². The molecule has 2 aromatic carbocycles. The van der Waals surface area contributed by atoms with E-state index in [1.807, 2.05) is 0 Å². The predicted octanol–water partition coefficient (Wildman–Crippen LogP) is 4.30. The van der Waals surface area contributed by atoms with E-state index in [0.717, 1.165) is 17.0 Å². The molecule has 0 spiro atoms. The minimum atomic E-state index is -0.900. The number of carbonyl (C=O) groups is 1. The van der Waals surface area contributed by atoms with Gasteiger partial charge in [-0.25, -0.2) is 27.8 Å². The van der Waals surface area contributed by atoms with Crippen LogP contribution in [0.1, 0.15) is 11.1 Å². The number of urea groups is 1. The molecule has 2 amide bonds. The van der Waals surface area contributed by atoms with Crippen LogP contribution in [0.3, 0.4) is 0 Å². The first kappa shape index (κ1) is 19.7. The third-order valence-electron chi connectivity index (χ3n) is 4.81. The number of nitrogens with one attached hydrogen (secondary N) is 1. The number of benzene rings is 2. The molecule has 3 aromatic rings. The Bertz CT molecular complexity index is 1150. The second kappa shape index (κ2) is 7.33. The molecule has 0 saturated heterocycles. The second-order valence-corrected chi connectivity index (χ2v) is 7.09. The maximum atomic E-state index is 14.5. The number of halogens is 3. The van der Waals surface area contributed by atoms with Gasteiger partial charge in [-0.15, -0.1) is 0 Å². The van der Waals surface area contributed by atoms with Crippen LogP contribution in [0.25, 0.3) is 11.3 Å². The summed E-state index contributed by atoms with van der Waals surface area (Å²) in [6, 6.07) is 6.90. The van der Waals surface area contributed by atoms with Crippen LogP contribution in [-0.4, -0.2) is 30.1 Å². The second-order valence-electron chi connectivity index (χ2n) is 7.09. The maximum absolute atomic E-state index is 14.5. The Morgan fingerprint density at radius 2 is 1.77 bits per heavy atom. The number of hydrogen-bond acceptors (Lipinski definition) is 4. The number of nitrogens with zero attached hydrogens (tertiary/aromatic N) is 4. The molecule has 9 heteroatoms. The Balaban J connectivity index is 2.02. The van der Waals surface area contributed by atoms with Crippen molar-refractivity contribution in [2.24, 2.45) is 0 Å². The number of hydrogen-bond donors (Lipinski definition) is 1. The fourth-order valence-corrected chi connectivity index (χ4v) is 3.37. The van der Waals surface area contributed by atoms with Crippen molar-refractivity contribution in [2.75, 3.05) is 23.9 Å². The van der Waals surface area contributed by atoms with E-state index >= 15 is 0 Å². The van der Waals surface area contributed by atoms with Gasteiger partial charge in [-0.05, 0) is 42.8 Å². The summed E-state index contributed by atoms with van der Waals surface area (Å²) < 4.78 is 42.7. The lowest BCUT2D eigenvalue weighted by Crippen LogP contribution is -2.43. The Labute approximate surface area is 171 Å². The van der Waals surface area contributed by atoms with Gasteiger partial charge >= 0.3 is 6.03 Å². The van der Waals surface area contributed by atoms with Gasteiger partial charge in [0.2, 0.25) is 5.95 Å². The summed E-state index contributed by atoms with van der Waals surface area (Å²) in [5.41, 5.74) is 1.64. The van der Waals surface area contributed by atoms with Gasteiger partial charge in [0.25, 0.3) is 0 Å². The molecule has 1 aliphatic rings. The van der Waals surface area contributed by atoms with E-state index < -0.39 is 29.2 Å². The SMILES string of the molecule is Cc1cc(F)ccc1-c1nc(N(C)C)nc2c1CNC(=O)N2c1c(F)cccc1F. The smallest absolute Gasteiger partial charge is 0.328 e. The summed E-state index contributed by atoms with van der Waals surface area (Å²) in [7, 11) is 3.42. The molecule has 0 saturated carbocycles. The summed E-state index contributed by atoms with van der Waals surface area (Å²) in [6.07, 6.45) is 0. The standard InChI is InChI=1S/C21H18F3N5O/c1-11-9-12(22)7-8-13(11)17-14-10-25-21(30)29(18-15(23)5-4-6-16(18)24)19(14)27-20(26-17)28(2)3/h4-9H,10H2,1-3H3,(H,25,30). The average Bonchev–Trinajstić information content (AvgIpc) is 2.68. The van der Waals surface area contributed by atoms with Crippen molar-refractivity contribution in [1.82, 2.24) is 15.3 Å². The lowest BCUT2D eigenvalue weighted by molar-refractivity contribution is 0.246. The highest BCUT2D eigenvalue weighted by Crippen LogP contribution is 2.39. The number of anilines is 3. The third-order valence-corrected chi connectivity index (χ3v) is 4.81. The summed E-state index contributed by atoms with van der Waals surface area (Å²) in [4.78, 5) is 24.1. The highest BCUT2D eigenvalue weighted by Gasteiger charge is 2.34. The van der Waals surface area contributed by atoms with Crippen molar-refractivity contribution >= 4 is 23.5 Å². The van der Waals surface area contributed by atoms with E-state index in [9.17, 15) is 18.0 Å². The van der Waals surface area contributed by atoms with E-state index in [1.54, 1.807) is 32.0 Å². The van der Waals surface area contributed by atoms with Crippen LogP contribution in [-0.2, 0) is 6.54 Å². The molecule has 0 aliphatic carbocycles. The van der Waals surface area contributed by atoms with Crippen molar-refractivity contribution in [3.63, 3.8) is 0 Å². The molecule has 1 aliphatic heterocycles. The molecule has 4 rings (SSSR count). The average molecular weight is 413 g/mol. The van der Waals surface area contributed by atoms with Gasteiger partial charge in [0.15, 0.2) is 5.82 Å². The highest BCUT2D eigenvalue weighted by molar-refractivity contribution is 6.02. The number of fused-ring (bicyclic) bond motifs is 1. The van der Waals surface area contributed by atoms with Crippen molar-refractivity contribution in [1.29, 1.82) is 0 Å². The molecule has 0 radical (unpaired) electrons. The molecule has 0 bridgehead atoms. The van der Waals surface area contributed by atoms with Crippen molar-refractivity contribution in [3.8, 4) is 11.3 Å². The Hall–Kier alpha value is -3.62. The van der Waals surface area contributed by atoms with Crippen LogP contribution >= 0.6 is 0 Å². The highest BCUT2D eigenvalue weighted by atomic mass is 19.1. The molecule has 0 fully saturated rings. The molecule has 6 nitrogen and oxygen atoms in total. The lowest BCUT2D eigenvalue weighted by atomic mass is 10.00. The Kier molecular flexibility index (Phi) is 4.81. The van der Waals surface area contributed by atoms with Crippen LogP contribution in [0.4, 0.5) is 35.4 Å². The summed E-state index contributed by atoms with van der Waals surface area (Å²) in [5, 5.41) is 2.62. The summed E-state index contributed by atoms with van der Waals surface area (Å²) >= 11 is 0. The quantitative estimate of drug-likeness (QED) is 0.696. The van der Waals surface area contributed by atoms with Gasteiger partial charge in [0, 0.05) is 25.2 Å². The number of carbonyl (C=O) groups excluding carboxylic acids is 1. The van der Waals surface area contributed by atoms with Crippen molar-refractivity contribution in [3.05, 3.63) is 65.0 Å². The molecule has 1 aromatic heterocycles. The maximum Gasteiger partial charge on any atom is 0.328 e. The van der Waals surface area contributed by atoms with Crippen LogP contribution < -0.4 is 15.1 Å². The molecule has 154 valence electrons. The fraction of sp³-hybridized carbons (Fsp3) is 0.190. The van der Waals surface area contributed by atoms with Gasteiger partial charge in [0.05, 0.1) is 12.2 Å². The van der Waals surface area contributed by atoms with Crippen LogP contribution in [0.15, 0.2) is 36.4 Å². The lowest BCUT2D eigenvalue weighted by Gasteiger charge is -2.31. The van der Waals surface area contributed by atoms with Gasteiger partial charge < -0.3 is 10.2 Å². The zero-order valence-electron chi connectivity index (χ0n) is 16.5. The molecule has 0 unspecified atom stereocenters. The molecule has 1 N–H and O–H groups in total. The van der Waals surface area contributed by atoms with E-state index in [-0.39, 0.29) is 18.3 Å². The summed E-state index contributed by atoms with van der Waals surface area (Å²) in [6.45, 7) is 1.79. The van der Waals surface area contributed by atoms with Crippen molar-refractivity contribution in [2.45, 2.75) is 13.5 Å². The first-order valence-corrected chi connectivity index (χ1v) is 9.14. The first-order chi connectivity index (χ1) is 14.3. The molecular weight excluding hydrogens is 395 g/mol.